The van der Waals surface area contributed by atoms with Gasteiger partial charge in [0, 0.05) is 12.1 Å². The molecule has 1 aromatic carbocycles. The molecule has 0 amide bonds. The van der Waals surface area contributed by atoms with Gasteiger partial charge in [0.15, 0.2) is 0 Å². The minimum absolute atomic E-state index is 0.457. The first-order valence-corrected chi connectivity index (χ1v) is 7.91. The van der Waals surface area contributed by atoms with Crippen molar-refractivity contribution in [1.29, 1.82) is 0 Å². The number of halogens is 1. The van der Waals surface area contributed by atoms with E-state index in [9.17, 15) is 0 Å². The van der Waals surface area contributed by atoms with Crippen LogP contribution in [0.25, 0.3) is 11.0 Å². The molecule has 1 aliphatic rings. The van der Waals surface area contributed by atoms with Crippen LogP contribution < -0.4 is 4.74 Å². The fraction of sp³-hybridized carbons (Fsp3) is 0.562. The minimum atomic E-state index is 0.457. The molecule has 1 aromatic heterocycles. The van der Waals surface area contributed by atoms with E-state index in [2.05, 4.69) is 22.5 Å². The van der Waals surface area contributed by atoms with Gasteiger partial charge in [-0.2, -0.15) is 0 Å². The molecule has 4 heteroatoms. The Morgan fingerprint density at radius 3 is 2.85 bits per heavy atom. The quantitative estimate of drug-likeness (QED) is 0.731. The molecule has 1 atom stereocenters. The molecule has 1 aliphatic carbocycles. The van der Waals surface area contributed by atoms with Gasteiger partial charge in [0.2, 0.25) is 0 Å². The summed E-state index contributed by atoms with van der Waals surface area (Å²) in [6.07, 6.45) is 5.13. The summed E-state index contributed by atoms with van der Waals surface area (Å²) in [5.41, 5.74) is 2.16. The Kier molecular flexibility index (Phi) is 3.88. The average Bonchev–Trinajstić information content (AvgIpc) is 3.23. The molecule has 20 heavy (non-hydrogen) atoms. The SMILES string of the molecule is CCC(CC1CC1)n1c(CCl)nc2cc(OC)ccc21. The maximum atomic E-state index is 6.12. The van der Waals surface area contributed by atoms with Crippen molar-refractivity contribution in [3.05, 3.63) is 24.0 Å². The van der Waals surface area contributed by atoms with Crippen LogP contribution in [0.4, 0.5) is 0 Å². The zero-order chi connectivity index (χ0) is 14.1. The number of methoxy groups -OCH3 is 1. The van der Waals surface area contributed by atoms with E-state index < -0.39 is 0 Å². The van der Waals surface area contributed by atoms with Crippen molar-refractivity contribution < 1.29 is 4.74 Å². The summed E-state index contributed by atoms with van der Waals surface area (Å²) in [6.45, 7) is 2.25. The summed E-state index contributed by atoms with van der Waals surface area (Å²) in [5, 5.41) is 0. The number of benzene rings is 1. The van der Waals surface area contributed by atoms with Gasteiger partial charge in [-0.1, -0.05) is 19.8 Å². The van der Waals surface area contributed by atoms with Crippen molar-refractivity contribution in [2.45, 2.75) is 44.5 Å². The lowest BCUT2D eigenvalue weighted by Gasteiger charge is -2.20. The first kappa shape index (κ1) is 13.7. The maximum absolute atomic E-state index is 6.12. The molecular formula is C16H21ClN2O. The highest BCUT2D eigenvalue weighted by Gasteiger charge is 2.27. The number of hydrogen-bond acceptors (Lipinski definition) is 2. The van der Waals surface area contributed by atoms with Crippen molar-refractivity contribution in [2.75, 3.05) is 7.11 Å². The van der Waals surface area contributed by atoms with Gasteiger partial charge >= 0.3 is 0 Å². The summed E-state index contributed by atoms with van der Waals surface area (Å²) in [4.78, 5) is 4.69. The number of rotatable bonds is 6. The summed E-state index contributed by atoms with van der Waals surface area (Å²) in [5.74, 6) is 3.18. The van der Waals surface area contributed by atoms with Crippen molar-refractivity contribution >= 4 is 22.6 Å². The van der Waals surface area contributed by atoms with E-state index in [-0.39, 0.29) is 0 Å². The molecule has 3 rings (SSSR count). The Hall–Kier alpha value is -1.22. The van der Waals surface area contributed by atoms with Crippen LogP contribution >= 0.6 is 11.6 Å². The van der Waals surface area contributed by atoms with Gasteiger partial charge in [-0.05, 0) is 30.9 Å². The molecule has 0 saturated heterocycles. The second-order valence-corrected chi connectivity index (χ2v) is 5.89. The molecule has 0 spiro atoms. The van der Waals surface area contributed by atoms with Crippen LogP contribution in [-0.4, -0.2) is 16.7 Å². The van der Waals surface area contributed by atoms with Crippen molar-refractivity contribution in [1.82, 2.24) is 9.55 Å². The lowest BCUT2D eigenvalue weighted by Crippen LogP contribution is -2.11. The topological polar surface area (TPSA) is 27.1 Å². The summed E-state index contributed by atoms with van der Waals surface area (Å²) >= 11 is 6.12. The monoisotopic (exact) mass is 292 g/mol. The van der Waals surface area contributed by atoms with Gasteiger partial charge in [0.1, 0.15) is 11.6 Å². The smallest absolute Gasteiger partial charge is 0.125 e. The van der Waals surface area contributed by atoms with Gasteiger partial charge in [-0.25, -0.2) is 4.98 Å². The van der Waals surface area contributed by atoms with Crippen LogP contribution in [-0.2, 0) is 5.88 Å². The zero-order valence-electron chi connectivity index (χ0n) is 12.1. The lowest BCUT2D eigenvalue weighted by molar-refractivity contribution is 0.415. The maximum Gasteiger partial charge on any atom is 0.125 e. The molecule has 108 valence electrons. The number of aromatic nitrogens is 2. The molecule has 0 aliphatic heterocycles. The zero-order valence-corrected chi connectivity index (χ0v) is 12.9. The largest absolute Gasteiger partial charge is 0.497 e. The molecule has 1 heterocycles. The summed E-state index contributed by atoms with van der Waals surface area (Å²) in [7, 11) is 1.68. The lowest BCUT2D eigenvalue weighted by atomic mass is 10.1. The fourth-order valence-corrected chi connectivity index (χ4v) is 3.14. The predicted molar refractivity (Wildman–Crippen MR) is 82.5 cm³/mol. The number of ether oxygens (including phenoxy) is 1. The third-order valence-electron chi connectivity index (χ3n) is 4.23. The summed E-state index contributed by atoms with van der Waals surface area (Å²) < 4.78 is 7.63. The van der Waals surface area contributed by atoms with E-state index in [1.807, 2.05) is 12.1 Å². The first-order chi connectivity index (χ1) is 9.76. The predicted octanol–water partition coefficient (Wildman–Crippen LogP) is 4.53. The van der Waals surface area contributed by atoms with Gasteiger partial charge in [0.25, 0.3) is 0 Å². The van der Waals surface area contributed by atoms with Crippen LogP contribution in [0.3, 0.4) is 0 Å². The normalized spacial score (nSPS) is 16.6. The first-order valence-electron chi connectivity index (χ1n) is 7.37. The minimum Gasteiger partial charge on any atom is -0.497 e. The molecule has 0 N–H and O–H groups in total. The standard InChI is InChI=1S/C16H21ClN2O/c1-3-12(8-11-4-5-11)19-15-7-6-13(20-2)9-14(15)18-16(19)10-17/h6-7,9,11-12H,3-5,8,10H2,1-2H3. The van der Waals surface area contributed by atoms with E-state index in [4.69, 9.17) is 16.3 Å². The second-order valence-electron chi connectivity index (χ2n) is 5.63. The fourth-order valence-electron chi connectivity index (χ4n) is 2.95. The highest BCUT2D eigenvalue weighted by atomic mass is 35.5. The molecule has 1 unspecified atom stereocenters. The van der Waals surface area contributed by atoms with E-state index >= 15 is 0 Å². The van der Waals surface area contributed by atoms with E-state index in [1.165, 1.54) is 24.8 Å². The van der Waals surface area contributed by atoms with Crippen LogP contribution in [0.5, 0.6) is 5.75 Å². The van der Waals surface area contributed by atoms with Crippen molar-refractivity contribution in [3.8, 4) is 5.75 Å². The molecule has 2 aromatic rings. The third-order valence-corrected chi connectivity index (χ3v) is 4.47. The van der Waals surface area contributed by atoms with Crippen LogP contribution in [0.2, 0.25) is 0 Å². The molecule has 1 fully saturated rings. The van der Waals surface area contributed by atoms with E-state index in [0.717, 1.165) is 29.4 Å². The van der Waals surface area contributed by atoms with E-state index in [1.54, 1.807) is 7.11 Å². The highest BCUT2D eigenvalue weighted by molar-refractivity contribution is 6.16. The van der Waals surface area contributed by atoms with Gasteiger partial charge in [-0.15, -0.1) is 11.6 Å². The number of imidazole rings is 1. The number of alkyl halides is 1. The number of nitrogens with zero attached hydrogens (tertiary/aromatic N) is 2. The van der Waals surface area contributed by atoms with Gasteiger partial charge in [-0.3, -0.25) is 0 Å². The molecule has 3 nitrogen and oxygen atoms in total. The number of fused-ring (bicyclic) bond motifs is 1. The van der Waals surface area contributed by atoms with E-state index in [0.29, 0.717) is 11.9 Å². The Bertz CT molecular complexity index is 604. The Balaban J connectivity index is 2.05. The Morgan fingerprint density at radius 1 is 1.45 bits per heavy atom. The Morgan fingerprint density at radius 2 is 2.25 bits per heavy atom. The third kappa shape index (κ3) is 2.51. The van der Waals surface area contributed by atoms with Crippen molar-refractivity contribution in [2.24, 2.45) is 5.92 Å². The average molecular weight is 293 g/mol. The second kappa shape index (κ2) is 5.65. The van der Waals surface area contributed by atoms with Crippen LogP contribution in [0.1, 0.15) is 44.5 Å². The highest BCUT2D eigenvalue weighted by Crippen LogP contribution is 2.39. The van der Waals surface area contributed by atoms with Crippen molar-refractivity contribution in [3.63, 3.8) is 0 Å². The van der Waals surface area contributed by atoms with Gasteiger partial charge < -0.3 is 9.30 Å². The van der Waals surface area contributed by atoms with Crippen LogP contribution in [0.15, 0.2) is 18.2 Å². The molecular weight excluding hydrogens is 272 g/mol. The Labute approximate surface area is 124 Å². The molecule has 1 saturated carbocycles. The molecule has 0 bridgehead atoms. The molecule has 0 radical (unpaired) electrons. The summed E-state index contributed by atoms with van der Waals surface area (Å²) in [6, 6.07) is 6.61. The number of hydrogen-bond donors (Lipinski definition) is 0. The van der Waals surface area contributed by atoms with Gasteiger partial charge in [0.05, 0.1) is 24.0 Å². The van der Waals surface area contributed by atoms with Crippen LogP contribution in [0, 0.1) is 5.92 Å².